The number of carbonyl (C=O) groups is 1. The van der Waals surface area contributed by atoms with Gasteiger partial charge in [0.25, 0.3) is 0 Å². The van der Waals surface area contributed by atoms with E-state index in [4.69, 9.17) is 9.84 Å². The van der Waals surface area contributed by atoms with Gasteiger partial charge in [-0.25, -0.2) is 13.6 Å². The third-order valence-electron chi connectivity index (χ3n) is 3.20. The number of aromatic carboxylic acids is 1. The maximum atomic E-state index is 13.7. The van der Waals surface area contributed by atoms with Crippen molar-refractivity contribution in [2.45, 2.75) is 20.5 Å². The third-order valence-corrected chi connectivity index (χ3v) is 3.20. The number of hydrogen-bond acceptors (Lipinski definition) is 2. The molecule has 0 aliphatic rings. The Bertz CT molecular complexity index is 673. The van der Waals surface area contributed by atoms with Crippen LogP contribution in [-0.4, -0.2) is 11.1 Å². The molecule has 0 saturated carbocycles. The topological polar surface area (TPSA) is 46.5 Å². The van der Waals surface area contributed by atoms with Gasteiger partial charge >= 0.3 is 5.97 Å². The zero-order chi connectivity index (χ0) is 15.6. The molecule has 0 radical (unpaired) electrons. The Balaban J connectivity index is 2.20. The predicted octanol–water partition coefficient (Wildman–Crippen LogP) is 3.86. The Morgan fingerprint density at radius 3 is 2.24 bits per heavy atom. The van der Waals surface area contributed by atoms with E-state index >= 15 is 0 Å². The molecule has 2 aromatic rings. The van der Waals surface area contributed by atoms with Crippen molar-refractivity contribution in [3.63, 3.8) is 0 Å². The van der Waals surface area contributed by atoms with E-state index in [2.05, 4.69) is 0 Å². The molecule has 0 aromatic heterocycles. The van der Waals surface area contributed by atoms with Crippen LogP contribution in [0.25, 0.3) is 0 Å². The van der Waals surface area contributed by atoms with Crippen LogP contribution >= 0.6 is 0 Å². The Kier molecular flexibility index (Phi) is 4.21. The molecule has 0 heterocycles. The molecule has 0 amide bonds. The zero-order valence-electron chi connectivity index (χ0n) is 11.6. The van der Waals surface area contributed by atoms with E-state index in [0.29, 0.717) is 0 Å². The van der Waals surface area contributed by atoms with Crippen molar-refractivity contribution in [2.75, 3.05) is 0 Å². The van der Waals surface area contributed by atoms with Gasteiger partial charge in [-0.2, -0.15) is 0 Å². The monoisotopic (exact) mass is 292 g/mol. The standard InChI is InChI=1S/C16H14F2O3/c1-9-3-4-11(5-10(9)2)8-21-15-13(17)6-12(16(19)20)7-14(15)18/h3-7H,8H2,1-2H3,(H,19,20). The summed E-state index contributed by atoms with van der Waals surface area (Å²) >= 11 is 0. The van der Waals surface area contributed by atoms with Crippen LogP contribution in [0, 0.1) is 25.5 Å². The molecule has 2 aromatic carbocycles. The largest absolute Gasteiger partial charge is 0.483 e. The van der Waals surface area contributed by atoms with Gasteiger partial charge in [0, 0.05) is 0 Å². The van der Waals surface area contributed by atoms with E-state index in [-0.39, 0.29) is 6.61 Å². The summed E-state index contributed by atoms with van der Waals surface area (Å²) in [5.74, 6) is -4.03. The highest BCUT2D eigenvalue weighted by atomic mass is 19.1. The van der Waals surface area contributed by atoms with Crippen LogP contribution in [0.2, 0.25) is 0 Å². The molecule has 1 N–H and O–H groups in total. The fourth-order valence-corrected chi connectivity index (χ4v) is 1.87. The van der Waals surface area contributed by atoms with Crippen molar-refractivity contribution < 1.29 is 23.4 Å². The highest BCUT2D eigenvalue weighted by molar-refractivity contribution is 5.87. The maximum Gasteiger partial charge on any atom is 0.335 e. The summed E-state index contributed by atoms with van der Waals surface area (Å²) in [6.07, 6.45) is 0. The molecular weight excluding hydrogens is 278 g/mol. The molecule has 5 heteroatoms. The van der Waals surface area contributed by atoms with Gasteiger partial charge in [-0.05, 0) is 42.7 Å². The SMILES string of the molecule is Cc1ccc(COc2c(F)cc(C(=O)O)cc2F)cc1C. The number of hydrogen-bond donors (Lipinski definition) is 1. The molecule has 3 nitrogen and oxygen atoms in total. The van der Waals surface area contributed by atoms with Crippen molar-refractivity contribution in [3.05, 3.63) is 64.2 Å². The highest BCUT2D eigenvalue weighted by Gasteiger charge is 2.16. The first-order valence-electron chi connectivity index (χ1n) is 6.29. The third kappa shape index (κ3) is 3.37. The number of aryl methyl sites for hydroxylation is 2. The second-order valence-corrected chi connectivity index (χ2v) is 4.78. The Morgan fingerprint density at radius 1 is 1.10 bits per heavy atom. The van der Waals surface area contributed by atoms with E-state index in [9.17, 15) is 13.6 Å². The van der Waals surface area contributed by atoms with Crippen LogP contribution in [0.1, 0.15) is 27.0 Å². The van der Waals surface area contributed by atoms with Crippen LogP contribution in [0.3, 0.4) is 0 Å². The summed E-state index contributed by atoms with van der Waals surface area (Å²) in [7, 11) is 0. The van der Waals surface area contributed by atoms with Crippen LogP contribution in [0.15, 0.2) is 30.3 Å². The van der Waals surface area contributed by atoms with E-state index < -0.39 is 28.9 Å². The van der Waals surface area contributed by atoms with E-state index in [1.165, 1.54) is 0 Å². The van der Waals surface area contributed by atoms with Crippen LogP contribution in [-0.2, 0) is 6.61 Å². The van der Waals surface area contributed by atoms with Gasteiger partial charge < -0.3 is 9.84 Å². The van der Waals surface area contributed by atoms with Crippen molar-refractivity contribution in [3.8, 4) is 5.75 Å². The minimum absolute atomic E-state index is 0.00137. The second-order valence-electron chi connectivity index (χ2n) is 4.78. The van der Waals surface area contributed by atoms with Gasteiger partial charge in [-0.1, -0.05) is 18.2 Å². The lowest BCUT2D eigenvalue weighted by Gasteiger charge is -2.10. The molecule has 0 fully saturated rings. The van der Waals surface area contributed by atoms with E-state index in [1.807, 2.05) is 32.0 Å². The summed E-state index contributed by atoms with van der Waals surface area (Å²) in [5, 5.41) is 8.71. The van der Waals surface area contributed by atoms with Crippen LogP contribution in [0.5, 0.6) is 5.75 Å². The van der Waals surface area contributed by atoms with Crippen molar-refractivity contribution in [1.29, 1.82) is 0 Å². The van der Waals surface area contributed by atoms with Crippen LogP contribution in [0.4, 0.5) is 8.78 Å². The van der Waals surface area contributed by atoms with Gasteiger partial charge in [0.1, 0.15) is 6.61 Å². The average Bonchev–Trinajstić information content (AvgIpc) is 2.41. The number of rotatable bonds is 4. The molecule has 2 rings (SSSR count). The average molecular weight is 292 g/mol. The van der Waals surface area contributed by atoms with Gasteiger partial charge in [-0.3, -0.25) is 0 Å². The van der Waals surface area contributed by atoms with Gasteiger partial charge in [-0.15, -0.1) is 0 Å². The van der Waals surface area contributed by atoms with Gasteiger partial charge in [0.05, 0.1) is 5.56 Å². The first-order valence-corrected chi connectivity index (χ1v) is 6.29. The summed E-state index contributed by atoms with van der Waals surface area (Å²) < 4.78 is 32.5. The summed E-state index contributed by atoms with van der Waals surface area (Å²) in [6, 6.07) is 7.05. The molecule has 0 spiro atoms. The highest BCUT2D eigenvalue weighted by Crippen LogP contribution is 2.24. The smallest absolute Gasteiger partial charge is 0.335 e. The summed E-state index contributed by atoms with van der Waals surface area (Å²) in [6.45, 7) is 3.90. The lowest BCUT2D eigenvalue weighted by Crippen LogP contribution is -2.04. The van der Waals surface area contributed by atoms with Crippen LogP contribution < -0.4 is 4.74 Å². The maximum absolute atomic E-state index is 13.7. The van der Waals surface area contributed by atoms with Gasteiger partial charge in [0.15, 0.2) is 17.4 Å². The van der Waals surface area contributed by atoms with Crippen molar-refractivity contribution in [2.24, 2.45) is 0 Å². The number of carboxylic acids is 1. The Hall–Kier alpha value is -2.43. The minimum atomic E-state index is -1.39. The second kappa shape index (κ2) is 5.91. The fourth-order valence-electron chi connectivity index (χ4n) is 1.87. The molecule has 110 valence electrons. The van der Waals surface area contributed by atoms with Crippen molar-refractivity contribution >= 4 is 5.97 Å². The molecule has 0 aliphatic carbocycles. The van der Waals surface area contributed by atoms with Gasteiger partial charge in [0.2, 0.25) is 0 Å². The number of benzene rings is 2. The molecule has 0 saturated heterocycles. The first kappa shape index (κ1) is 15.0. The Labute approximate surface area is 120 Å². The quantitative estimate of drug-likeness (QED) is 0.930. The predicted molar refractivity (Wildman–Crippen MR) is 73.6 cm³/mol. The number of carboxylic acid groups (broad SMARTS) is 1. The van der Waals surface area contributed by atoms with E-state index in [1.54, 1.807) is 0 Å². The number of ether oxygens (including phenoxy) is 1. The number of halogens is 2. The molecular formula is C16H14F2O3. The minimum Gasteiger partial charge on any atom is -0.483 e. The summed E-state index contributed by atoms with van der Waals surface area (Å²) in [4.78, 5) is 10.7. The lowest BCUT2D eigenvalue weighted by atomic mass is 10.1. The van der Waals surface area contributed by atoms with Crippen molar-refractivity contribution in [1.82, 2.24) is 0 Å². The fraction of sp³-hybridized carbons (Fsp3) is 0.188. The molecule has 21 heavy (non-hydrogen) atoms. The summed E-state index contributed by atoms with van der Waals surface area (Å²) in [5.41, 5.74) is 2.49. The first-order chi connectivity index (χ1) is 9.88. The molecule has 0 aliphatic heterocycles. The normalized spacial score (nSPS) is 10.5. The molecule has 0 unspecified atom stereocenters. The Morgan fingerprint density at radius 2 is 1.71 bits per heavy atom. The lowest BCUT2D eigenvalue weighted by molar-refractivity contribution is 0.0695. The molecule has 0 bridgehead atoms. The zero-order valence-corrected chi connectivity index (χ0v) is 11.6. The van der Waals surface area contributed by atoms with E-state index in [0.717, 1.165) is 28.8 Å². The molecule has 0 atom stereocenters.